The van der Waals surface area contributed by atoms with Crippen molar-refractivity contribution < 1.29 is 33.7 Å². The number of hydrogen-bond donors (Lipinski definition) is 1. The average molecular weight is 445 g/mol. The minimum atomic E-state index is -1.39. The number of cyclic esters (lactones) is 1. The summed E-state index contributed by atoms with van der Waals surface area (Å²) in [5.74, 6) is -2.41. The molecule has 0 aromatic heterocycles. The Kier molecular flexibility index (Phi) is 5.04. The molecule has 5 rings (SSSR count). The summed E-state index contributed by atoms with van der Waals surface area (Å²) in [5, 5.41) is 12.1. The zero-order valence-corrected chi connectivity index (χ0v) is 18.9. The van der Waals surface area contributed by atoms with Gasteiger partial charge in [-0.1, -0.05) is 52.5 Å². The Morgan fingerprint density at radius 2 is 1.81 bits per heavy atom. The van der Waals surface area contributed by atoms with Gasteiger partial charge in [0.1, 0.15) is 17.3 Å². The van der Waals surface area contributed by atoms with Crippen molar-refractivity contribution in [1.29, 1.82) is 0 Å². The Balaban J connectivity index is 1.59. The first-order valence-corrected chi connectivity index (χ1v) is 12.0. The fourth-order valence-corrected chi connectivity index (χ4v) is 6.97. The average Bonchev–Trinajstić information content (AvgIpc) is 3.03. The molecule has 3 saturated carbocycles. The summed E-state index contributed by atoms with van der Waals surface area (Å²) >= 11 is 0. The van der Waals surface area contributed by atoms with Gasteiger partial charge in [-0.3, -0.25) is 9.59 Å². The molecule has 5 aliphatic rings. The van der Waals surface area contributed by atoms with Gasteiger partial charge in [-0.05, 0) is 25.7 Å². The lowest BCUT2D eigenvalue weighted by Gasteiger charge is -2.59. The molecule has 0 unspecified atom stereocenters. The first kappa shape index (κ1) is 21.7. The number of ether oxygens (including phenoxy) is 3. The Morgan fingerprint density at radius 3 is 2.53 bits per heavy atom. The highest BCUT2D eigenvalue weighted by Gasteiger charge is 2.70. The SMILES string of the molecule is C=C1OC(=O)C2=C1O[C@@H]1[C@@H](OC(=O)C3CCCCC3)[C@]3(O)CCCC[C@H]3[C@](C)(C2=O)[C@@H]1C. The summed E-state index contributed by atoms with van der Waals surface area (Å²) in [7, 11) is 0. The van der Waals surface area contributed by atoms with Gasteiger partial charge in [0.05, 0.1) is 5.92 Å². The minimum Gasteiger partial charge on any atom is -0.481 e. The Hall–Kier alpha value is -2.15. The second-order valence-electron chi connectivity index (χ2n) is 10.5. The van der Waals surface area contributed by atoms with E-state index in [2.05, 4.69) is 6.58 Å². The van der Waals surface area contributed by atoms with E-state index in [1.165, 1.54) is 0 Å². The molecule has 3 aliphatic carbocycles. The van der Waals surface area contributed by atoms with Crippen LogP contribution in [0.15, 0.2) is 23.7 Å². The molecule has 3 fully saturated rings. The van der Waals surface area contributed by atoms with Gasteiger partial charge in [-0.15, -0.1) is 0 Å². The number of carbonyl (C=O) groups excluding carboxylic acids is 3. The van der Waals surface area contributed by atoms with Crippen LogP contribution in [0.25, 0.3) is 0 Å². The van der Waals surface area contributed by atoms with Gasteiger partial charge >= 0.3 is 11.9 Å². The third-order valence-electron chi connectivity index (χ3n) is 8.93. The zero-order valence-electron chi connectivity index (χ0n) is 18.9. The largest absolute Gasteiger partial charge is 0.481 e. The first-order valence-electron chi connectivity index (χ1n) is 12.0. The highest BCUT2D eigenvalue weighted by molar-refractivity contribution is 6.22. The molecule has 7 nitrogen and oxygen atoms in total. The maximum Gasteiger partial charge on any atom is 0.351 e. The van der Waals surface area contributed by atoms with Crippen LogP contribution in [0.2, 0.25) is 0 Å². The second kappa shape index (κ2) is 7.44. The topological polar surface area (TPSA) is 99.1 Å². The molecule has 1 N–H and O–H groups in total. The molecule has 32 heavy (non-hydrogen) atoms. The van der Waals surface area contributed by atoms with E-state index in [-0.39, 0.29) is 40.7 Å². The van der Waals surface area contributed by atoms with Crippen LogP contribution < -0.4 is 0 Å². The number of carbonyl (C=O) groups is 3. The Bertz CT molecular complexity index is 913. The van der Waals surface area contributed by atoms with Gasteiger partial charge in [-0.25, -0.2) is 4.79 Å². The van der Waals surface area contributed by atoms with Gasteiger partial charge in [0.2, 0.25) is 0 Å². The zero-order chi connectivity index (χ0) is 22.8. The number of fused-ring (bicyclic) bond motifs is 4. The highest BCUT2D eigenvalue weighted by atomic mass is 16.6. The number of ketones is 1. The van der Waals surface area contributed by atoms with Crippen LogP contribution in [0.3, 0.4) is 0 Å². The summed E-state index contributed by atoms with van der Waals surface area (Å²) in [5.41, 5.74) is -2.57. The summed E-state index contributed by atoms with van der Waals surface area (Å²) in [4.78, 5) is 39.5. The molecule has 7 heteroatoms. The molecular weight excluding hydrogens is 412 g/mol. The van der Waals surface area contributed by atoms with Crippen LogP contribution in [0, 0.1) is 23.2 Å². The van der Waals surface area contributed by atoms with Crippen molar-refractivity contribution in [2.75, 3.05) is 0 Å². The fraction of sp³-hybridized carbons (Fsp3) is 0.720. The van der Waals surface area contributed by atoms with Gasteiger partial charge in [0.15, 0.2) is 23.4 Å². The third kappa shape index (κ3) is 2.86. The van der Waals surface area contributed by atoms with Gasteiger partial charge in [0.25, 0.3) is 0 Å². The molecule has 0 spiro atoms. The maximum absolute atomic E-state index is 13.8. The normalized spacial score (nSPS) is 41.9. The maximum atomic E-state index is 13.8. The van der Waals surface area contributed by atoms with Crippen LogP contribution in [0.5, 0.6) is 0 Å². The monoisotopic (exact) mass is 444 g/mol. The molecule has 0 aromatic rings. The van der Waals surface area contributed by atoms with E-state index in [0.29, 0.717) is 12.8 Å². The van der Waals surface area contributed by atoms with E-state index in [0.717, 1.165) is 44.9 Å². The van der Waals surface area contributed by atoms with Crippen molar-refractivity contribution in [1.82, 2.24) is 0 Å². The molecule has 2 bridgehead atoms. The molecule has 0 radical (unpaired) electrons. The van der Waals surface area contributed by atoms with Crippen LogP contribution in [-0.2, 0) is 28.6 Å². The van der Waals surface area contributed by atoms with Crippen molar-refractivity contribution in [3.63, 3.8) is 0 Å². The molecular formula is C25H32O7. The molecule has 6 atom stereocenters. The van der Waals surface area contributed by atoms with Gasteiger partial charge < -0.3 is 19.3 Å². The lowest BCUT2D eigenvalue weighted by atomic mass is 9.48. The lowest BCUT2D eigenvalue weighted by molar-refractivity contribution is -0.257. The molecule has 2 aliphatic heterocycles. The molecule has 174 valence electrons. The first-order chi connectivity index (χ1) is 15.2. The van der Waals surface area contributed by atoms with E-state index < -0.39 is 35.1 Å². The summed E-state index contributed by atoms with van der Waals surface area (Å²) in [6, 6.07) is 0. The number of aliphatic hydroxyl groups is 1. The summed E-state index contributed by atoms with van der Waals surface area (Å²) in [6.07, 6.45) is 5.66. The van der Waals surface area contributed by atoms with Crippen molar-refractivity contribution in [3.05, 3.63) is 23.7 Å². The van der Waals surface area contributed by atoms with Crippen molar-refractivity contribution in [3.8, 4) is 0 Å². The number of Topliss-reactive ketones (excluding diaryl/α,β-unsaturated/α-hetero) is 1. The Labute approximate surface area is 188 Å². The molecule has 2 heterocycles. The van der Waals surface area contributed by atoms with Crippen LogP contribution in [0.1, 0.15) is 71.6 Å². The minimum absolute atomic E-state index is 0.00554. The van der Waals surface area contributed by atoms with Crippen LogP contribution in [0.4, 0.5) is 0 Å². The highest BCUT2D eigenvalue weighted by Crippen LogP contribution is 2.60. The van der Waals surface area contributed by atoms with E-state index >= 15 is 0 Å². The number of esters is 2. The smallest absolute Gasteiger partial charge is 0.351 e. The molecule has 0 amide bonds. The molecule has 0 saturated heterocycles. The fourth-order valence-electron chi connectivity index (χ4n) is 6.97. The van der Waals surface area contributed by atoms with Crippen molar-refractivity contribution >= 4 is 17.7 Å². The number of rotatable bonds is 2. The van der Waals surface area contributed by atoms with E-state index in [1.807, 2.05) is 13.8 Å². The van der Waals surface area contributed by atoms with Crippen molar-refractivity contribution in [2.45, 2.75) is 89.4 Å². The lowest BCUT2D eigenvalue weighted by Crippen LogP contribution is -2.70. The summed E-state index contributed by atoms with van der Waals surface area (Å²) < 4.78 is 17.5. The van der Waals surface area contributed by atoms with Gasteiger partial charge in [0, 0.05) is 17.3 Å². The van der Waals surface area contributed by atoms with E-state index in [4.69, 9.17) is 14.2 Å². The van der Waals surface area contributed by atoms with Crippen LogP contribution >= 0.6 is 0 Å². The van der Waals surface area contributed by atoms with E-state index in [1.54, 1.807) is 0 Å². The standard InChI is InChI=1S/C25H32O7/c1-13-18-21(32-22(27)15-9-5-4-6-10-15)25(29)12-8-7-11-16(25)24(13,3)20(26)17-19(31-18)14(2)30-23(17)28/h13,15-16,18,21,29H,2,4-12H2,1,3H3/t13-,16+,18+,21-,24-,25+/m1/s1. The van der Waals surface area contributed by atoms with Crippen molar-refractivity contribution in [2.24, 2.45) is 23.2 Å². The Morgan fingerprint density at radius 1 is 1.12 bits per heavy atom. The summed E-state index contributed by atoms with van der Waals surface area (Å²) in [6.45, 7) is 7.46. The number of hydrogen-bond acceptors (Lipinski definition) is 7. The van der Waals surface area contributed by atoms with E-state index in [9.17, 15) is 19.5 Å². The molecule has 0 aromatic carbocycles. The predicted molar refractivity (Wildman–Crippen MR) is 113 cm³/mol. The quantitative estimate of drug-likeness (QED) is 0.515. The predicted octanol–water partition coefficient (Wildman–Crippen LogP) is 3.35. The third-order valence-corrected chi connectivity index (χ3v) is 8.93. The second-order valence-corrected chi connectivity index (χ2v) is 10.5. The van der Waals surface area contributed by atoms with Gasteiger partial charge in [-0.2, -0.15) is 0 Å². The van der Waals surface area contributed by atoms with Crippen LogP contribution in [-0.4, -0.2) is 40.6 Å².